The van der Waals surface area contributed by atoms with E-state index >= 15 is 0 Å². The van der Waals surface area contributed by atoms with Gasteiger partial charge in [0.15, 0.2) is 5.78 Å². The van der Waals surface area contributed by atoms with Crippen LogP contribution in [0.3, 0.4) is 0 Å². The molecule has 0 bridgehead atoms. The van der Waals surface area contributed by atoms with Gasteiger partial charge in [0.2, 0.25) is 0 Å². The van der Waals surface area contributed by atoms with Crippen LogP contribution >= 0.6 is 0 Å². The van der Waals surface area contributed by atoms with Gasteiger partial charge in [-0.15, -0.1) is 0 Å². The third-order valence-corrected chi connectivity index (χ3v) is 6.99. The summed E-state index contributed by atoms with van der Waals surface area (Å²) < 4.78 is 5.16. The van der Waals surface area contributed by atoms with Gasteiger partial charge in [0.1, 0.15) is 5.92 Å². The van der Waals surface area contributed by atoms with Crippen LogP contribution in [-0.2, 0) is 14.3 Å². The molecule has 3 aromatic carbocycles. The van der Waals surface area contributed by atoms with Crippen LogP contribution in [0.4, 0.5) is 0 Å². The lowest BCUT2D eigenvalue weighted by atomic mass is 9.69. The van der Waals surface area contributed by atoms with E-state index in [0.29, 0.717) is 24.1 Å². The number of allylic oxidation sites excluding steroid dienone is 2. The highest BCUT2D eigenvalue weighted by molar-refractivity contribution is 6.09. The van der Waals surface area contributed by atoms with Crippen LogP contribution in [-0.4, -0.2) is 24.6 Å². The lowest BCUT2D eigenvalue weighted by molar-refractivity contribution is -0.143. The Morgan fingerprint density at radius 3 is 2.09 bits per heavy atom. The minimum atomic E-state index is -0.608. The van der Waals surface area contributed by atoms with Gasteiger partial charge in [0, 0.05) is 29.3 Å². The van der Waals surface area contributed by atoms with E-state index in [0.717, 1.165) is 28.0 Å². The van der Waals surface area contributed by atoms with Gasteiger partial charge >= 0.3 is 5.97 Å². The summed E-state index contributed by atoms with van der Waals surface area (Å²) in [4.78, 5) is 31.2. The number of rotatable bonds is 4. The lowest BCUT2D eigenvalue weighted by Crippen LogP contribution is -2.37. The second kappa shape index (κ2) is 9.22. The zero-order valence-electron chi connectivity index (χ0n) is 19.4. The van der Waals surface area contributed by atoms with Crippen LogP contribution < -0.4 is 0 Å². The maximum Gasteiger partial charge on any atom is 0.315 e. The van der Waals surface area contributed by atoms with Crippen LogP contribution in [0, 0.1) is 5.92 Å². The zero-order valence-corrected chi connectivity index (χ0v) is 19.4. The molecule has 3 aromatic rings. The molecular formula is C30H27NO3. The SMILES string of the molecule is COC(=O)C1C(C)=NC2=C(C(=O)CC(c3ccccc3)C2)C1c1ccc(-c2ccccc2)cc1. The molecule has 0 fully saturated rings. The quantitative estimate of drug-likeness (QED) is 0.452. The highest BCUT2D eigenvalue weighted by Crippen LogP contribution is 2.47. The maximum atomic E-state index is 13.6. The monoisotopic (exact) mass is 449 g/mol. The molecule has 2 aliphatic rings. The van der Waals surface area contributed by atoms with Crippen molar-refractivity contribution in [3.8, 4) is 11.1 Å². The average molecular weight is 450 g/mol. The molecule has 0 aromatic heterocycles. The van der Waals surface area contributed by atoms with Crippen molar-refractivity contribution in [2.45, 2.75) is 31.6 Å². The Morgan fingerprint density at radius 2 is 1.44 bits per heavy atom. The van der Waals surface area contributed by atoms with Crippen LogP contribution in [0.5, 0.6) is 0 Å². The van der Waals surface area contributed by atoms with Gasteiger partial charge in [-0.1, -0.05) is 84.9 Å². The van der Waals surface area contributed by atoms with Crippen LogP contribution in [0.1, 0.15) is 42.7 Å². The number of methoxy groups -OCH3 is 1. The molecule has 0 saturated carbocycles. The summed E-state index contributed by atoms with van der Waals surface area (Å²) in [7, 11) is 1.39. The normalized spacial score (nSPS) is 22.1. The third-order valence-electron chi connectivity index (χ3n) is 6.99. The molecular weight excluding hydrogens is 422 g/mol. The van der Waals surface area contributed by atoms with E-state index in [-0.39, 0.29) is 17.7 Å². The first-order chi connectivity index (χ1) is 16.6. The fourth-order valence-corrected chi connectivity index (χ4v) is 5.33. The fourth-order valence-electron chi connectivity index (χ4n) is 5.33. The Morgan fingerprint density at radius 1 is 0.824 bits per heavy atom. The largest absolute Gasteiger partial charge is 0.468 e. The summed E-state index contributed by atoms with van der Waals surface area (Å²) in [5.41, 5.74) is 6.47. The number of Topliss-reactive ketones (excluding diaryl/α,β-unsaturated/α-hetero) is 1. The van der Waals surface area contributed by atoms with E-state index in [1.165, 1.54) is 7.11 Å². The molecule has 3 unspecified atom stereocenters. The first-order valence-electron chi connectivity index (χ1n) is 11.7. The van der Waals surface area contributed by atoms with Gasteiger partial charge in [0.05, 0.1) is 7.11 Å². The second-order valence-corrected chi connectivity index (χ2v) is 9.02. The molecule has 170 valence electrons. The number of ketones is 1. The Labute approximate surface area is 200 Å². The van der Waals surface area contributed by atoms with E-state index in [4.69, 9.17) is 9.73 Å². The van der Waals surface area contributed by atoms with Gasteiger partial charge in [-0.05, 0) is 41.5 Å². The topological polar surface area (TPSA) is 55.7 Å². The average Bonchev–Trinajstić information content (AvgIpc) is 2.88. The zero-order chi connectivity index (χ0) is 23.7. The van der Waals surface area contributed by atoms with Crippen molar-refractivity contribution >= 4 is 17.5 Å². The number of hydrogen-bond donors (Lipinski definition) is 0. The molecule has 3 atom stereocenters. The van der Waals surface area contributed by atoms with Gasteiger partial charge < -0.3 is 4.74 Å². The summed E-state index contributed by atoms with van der Waals surface area (Å²) in [6, 6.07) is 28.5. The van der Waals surface area contributed by atoms with Crippen molar-refractivity contribution in [2.24, 2.45) is 10.9 Å². The van der Waals surface area contributed by atoms with E-state index in [9.17, 15) is 9.59 Å². The molecule has 0 N–H and O–H groups in total. The predicted octanol–water partition coefficient (Wildman–Crippen LogP) is 6.10. The van der Waals surface area contributed by atoms with Crippen molar-refractivity contribution in [1.82, 2.24) is 0 Å². The number of hydrogen-bond acceptors (Lipinski definition) is 4. The molecule has 1 aliphatic heterocycles. The van der Waals surface area contributed by atoms with Gasteiger partial charge in [-0.3, -0.25) is 14.6 Å². The van der Waals surface area contributed by atoms with Crippen LogP contribution in [0.15, 0.2) is 101 Å². The summed E-state index contributed by atoms with van der Waals surface area (Å²) in [5, 5.41) is 0. The smallest absolute Gasteiger partial charge is 0.315 e. The van der Waals surface area contributed by atoms with E-state index < -0.39 is 11.8 Å². The Bertz CT molecular complexity index is 1270. The molecule has 4 heteroatoms. The Hall–Kier alpha value is -3.79. The Kier molecular flexibility index (Phi) is 5.97. The molecule has 1 aliphatic carbocycles. The highest BCUT2D eigenvalue weighted by Gasteiger charge is 2.44. The number of benzene rings is 3. The summed E-state index contributed by atoms with van der Waals surface area (Å²) in [5.74, 6) is -1.20. The van der Waals surface area contributed by atoms with Gasteiger partial charge in [0.25, 0.3) is 0 Å². The van der Waals surface area contributed by atoms with Crippen LogP contribution in [0.25, 0.3) is 11.1 Å². The molecule has 4 nitrogen and oxygen atoms in total. The van der Waals surface area contributed by atoms with Crippen LogP contribution in [0.2, 0.25) is 0 Å². The molecule has 34 heavy (non-hydrogen) atoms. The third kappa shape index (κ3) is 4.01. The Balaban J connectivity index is 1.57. The number of esters is 1. The summed E-state index contributed by atoms with van der Waals surface area (Å²) >= 11 is 0. The van der Waals surface area contributed by atoms with Crippen molar-refractivity contribution in [3.05, 3.63) is 107 Å². The van der Waals surface area contributed by atoms with E-state index in [1.807, 2.05) is 55.5 Å². The first-order valence-corrected chi connectivity index (χ1v) is 11.7. The summed E-state index contributed by atoms with van der Waals surface area (Å²) in [6.07, 6.45) is 1.11. The second-order valence-electron chi connectivity index (χ2n) is 9.02. The fraction of sp³-hybridized carbons (Fsp3) is 0.233. The summed E-state index contributed by atoms with van der Waals surface area (Å²) in [6.45, 7) is 1.87. The molecule has 0 radical (unpaired) electrons. The minimum Gasteiger partial charge on any atom is -0.468 e. The number of nitrogens with zero attached hydrogens (tertiary/aromatic N) is 1. The van der Waals surface area contributed by atoms with Crippen molar-refractivity contribution in [2.75, 3.05) is 7.11 Å². The molecule has 1 heterocycles. The standard InChI is InChI=1S/C30H27NO3/c1-19-27(30(33)34-2)28(23-15-13-22(14-16-23)20-9-5-3-6-10-20)29-25(31-19)17-24(18-26(29)32)21-11-7-4-8-12-21/h3-16,24,27-28H,17-18H2,1-2H3. The molecule has 0 saturated heterocycles. The lowest BCUT2D eigenvalue weighted by Gasteiger charge is -2.36. The number of carbonyl (C=O) groups is 2. The van der Waals surface area contributed by atoms with Crippen molar-refractivity contribution in [3.63, 3.8) is 0 Å². The minimum absolute atomic E-state index is 0.0670. The molecule has 0 amide bonds. The first kappa shape index (κ1) is 22.0. The molecule has 5 rings (SSSR count). The van der Waals surface area contributed by atoms with Crippen molar-refractivity contribution < 1.29 is 14.3 Å². The number of ether oxygens (including phenoxy) is 1. The maximum absolute atomic E-state index is 13.6. The van der Waals surface area contributed by atoms with E-state index in [2.05, 4.69) is 36.4 Å². The van der Waals surface area contributed by atoms with E-state index in [1.54, 1.807) is 0 Å². The van der Waals surface area contributed by atoms with Gasteiger partial charge in [-0.2, -0.15) is 0 Å². The highest BCUT2D eigenvalue weighted by atomic mass is 16.5. The number of aliphatic imine (C=N–C) groups is 1. The number of carbonyl (C=O) groups excluding carboxylic acids is 2. The van der Waals surface area contributed by atoms with Gasteiger partial charge in [-0.25, -0.2) is 0 Å². The molecule has 0 spiro atoms. The van der Waals surface area contributed by atoms with Crippen molar-refractivity contribution in [1.29, 1.82) is 0 Å². The predicted molar refractivity (Wildman–Crippen MR) is 134 cm³/mol.